The molecule has 0 unspecified atom stereocenters. The number of nitrogens with one attached hydrogen (secondary N) is 2. The van der Waals surface area contributed by atoms with Gasteiger partial charge in [0.2, 0.25) is 0 Å². The molecule has 0 saturated heterocycles. The highest BCUT2D eigenvalue weighted by atomic mass is 16.3. The van der Waals surface area contributed by atoms with Crippen LogP contribution in [0.2, 0.25) is 0 Å². The highest BCUT2D eigenvalue weighted by Crippen LogP contribution is 2.22. The number of aromatic amines is 1. The van der Waals surface area contributed by atoms with Gasteiger partial charge in [-0.3, -0.25) is 0 Å². The molecule has 0 saturated carbocycles. The number of benzene rings is 1. The Balaban J connectivity index is 1.92. The number of nitrogens with two attached hydrogens (primary N) is 1. The Morgan fingerprint density at radius 2 is 2.00 bits per heavy atom. The first-order valence-corrected chi connectivity index (χ1v) is 6.19. The number of hydrogen-bond acceptors (Lipinski definition) is 6. The second kappa shape index (κ2) is 5.14. The van der Waals surface area contributed by atoms with Crippen LogP contribution in [0.4, 0.5) is 11.5 Å². The molecule has 7 heteroatoms. The van der Waals surface area contributed by atoms with Crippen LogP contribution < -0.4 is 11.1 Å². The predicted octanol–water partition coefficient (Wildman–Crippen LogP) is 1.01. The quantitative estimate of drug-likeness (QED) is 0.562. The summed E-state index contributed by atoms with van der Waals surface area (Å²) in [6, 6.07) is 7.71. The van der Waals surface area contributed by atoms with Crippen molar-refractivity contribution in [2.24, 2.45) is 0 Å². The van der Waals surface area contributed by atoms with E-state index in [1.165, 1.54) is 6.33 Å². The summed E-state index contributed by atoms with van der Waals surface area (Å²) < 4.78 is 0. The molecule has 2 aromatic heterocycles. The van der Waals surface area contributed by atoms with Crippen molar-refractivity contribution in [2.75, 3.05) is 24.2 Å². The van der Waals surface area contributed by atoms with Gasteiger partial charge in [-0.05, 0) is 24.3 Å². The van der Waals surface area contributed by atoms with E-state index in [0.29, 0.717) is 29.4 Å². The van der Waals surface area contributed by atoms with Crippen LogP contribution in [-0.4, -0.2) is 38.2 Å². The third-order valence-corrected chi connectivity index (χ3v) is 2.92. The average molecular weight is 270 g/mol. The summed E-state index contributed by atoms with van der Waals surface area (Å²) in [5.41, 5.74) is 8.84. The molecule has 7 nitrogen and oxygen atoms in total. The number of nitrogen functional groups attached to an aromatic ring is 1. The van der Waals surface area contributed by atoms with Gasteiger partial charge in [0.05, 0.1) is 6.61 Å². The number of aromatic nitrogens is 4. The van der Waals surface area contributed by atoms with Crippen LogP contribution in [0.15, 0.2) is 30.6 Å². The SMILES string of the molecule is Nc1ncnc2nc(-c3ccc(NCCO)cc3)[nH]c12. The number of H-pyrrole nitrogens is 1. The third-order valence-electron chi connectivity index (χ3n) is 2.92. The average Bonchev–Trinajstić information content (AvgIpc) is 2.91. The molecule has 20 heavy (non-hydrogen) atoms. The number of anilines is 2. The van der Waals surface area contributed by atoms with E-state index in [1.54, 1.807) is 0 Å². The molecule has 102 valence electrons. The van der Waals surface area contributed by atoms with Crippen LogP contribution in [0, 0.1) is 0 Å². The van der Waals surface area contributed by atoms with Crippen molar-refractivity contribution in [1.82, 2.24) is 19.9 Å². The zero-order valence-corrected chi connectivity index (χ0v) is 10.7. The maximum atomic E-state index is 8.76. The Hall–Kier alpha value is -2.67. The van der Waals surface area contributed by atoms with Gasteiger partial charge in [0.25, 0.3) is 0 Å². The fourth-order valence-electron chi connectivity index (χ4n) is 1.93. The highest BCUT2D eigenvalue weighted by molar-refractivity contribution is 5.84. The first kappa shape index (κ1) is 12.4. The fraction of sp³-hybridized carbons (Fsp3) is 0.154. The monoisotopic (exact) mass is 270 g/mol. The van der Waals surface area contributed by atoms with Crippen LogP contribution >= 0.6 is 0 Å². The summed E-state index contributed by atoms with van der Waals surface area (Å²) in [6.45, 7) is 0.624. The normalized spacial score (nSPS) is 10.8. The topological polar surface area (TPSA) is 113 Å². The van der Waals surface area contributed by atoms with Crippen LogP contribution in [0.3, 0.4) is 0 Å². The van der Waals surface area contributed by atoms with Gasteiger partial charge in [-0.15, -0.1) is 0 Å². The van der Waals surface area contributed by atoms with Gasteiger partial charge in [0.1, 0.15) is 17.7 Å². The van der Waals surface area contributed by atoms with E-state index in [4.69, 9.17) is 10.8 Å². The first-order chi connectivity index (χ1) is 9.78. The molecule has 0 amide bonds. The van der Waals surface area contributed by atoms with Crippen molar-refractivity contribution in [3.63, 3.8) is 0 Å². The van der Waals surface area contributed by atoms with Crippen molar-refractivity contribution in [2.45, 2.75) is 0 Å². The van der Waals surface area contributed by atoms with E-state index in [2.05, 4.69) is 25.3 Å². The molecule has 0 aliphatic rings. The summed E-state index contributed by atoms with van der Waals surface area (Å²) >= 11 is 0. The van der Waals surface area contributed by atoms with Crippen molar-refractivity contribution >= 4 is 22.7 Å². The largest absolute Gasteiger partial charge is 0.395 e. The van der Waals surface area contributed by atoms with Crippen molar-refractivity contribution in [3.05, 3.63) is 30.6 Å². The molecule has 0 radical (unpaired) electrons. The molecule has 0 atom stereocenters. The Morgan fingerprint density at radius 3 is 2.70 bits per heavy atom. The Bertz CT molecular complexity index is 721. The first-order valence-electron chi connectivity index (χ1n) is 6.19. The van der Waals surface area contributed by atoms with Gasteiger partial charge >= 0.3 is 0 Å². The lowest BCUT2D eigenvalue weighted by atomic mass is 10.2. The number of aliphatic hydroxyl groups excluding tert-OH is 1. The lowest BCUT2D eigenvalue weighted by Gasteiger charge is -2.04. The summed E-state index contributed by atoms with van der Waals surface area (Å²) in [7, 11) is 0. The van der Waals surface area contributed by atoms with Crippen LogP contribution in [0.1, 0.15) is 0 Å². The molecular weight excluding hydrogens is 256 g/mol. The number of hydrogen-bond donors (Lipinski definition) is 4. The number of nitrogens with zero attached hydrogens (tertiary/aromatic N) is 3. The molecule has 0 bridgehead atoms. The van der Waals surface area contributed by atoms with E-state index >= 15 is 0 Å². The lowest BCUT2D eigenvalue weighted by Crippen LogP contribution is -2.04. The molecular formula is C13H14N6O. The molecule has 1 aromatic carbocycles. The minimum absolute atomic E-state index is 0.100. The second-order valence-electron chi connectivity index (χ2n) is 4.27. The summed E-state index contributed by atoms with van der Waals surface area (Å²) in [5.74, 6) is 1.08. The van der Waals surface area contributed by atoms with Gasteiger partial charge in [0, 0.05) is 17.8 Å². The smallest absolute Gasteiger partial charge is 0.183 e. The fourth-order valence-corrected chi connectivity index (χ4v) is 1.93. The molecule has 0 fully saturated rings. The van der Waals surface area contributed by atoms with Crippen molar-refractivity contribution < 1.29 is 5.11 Å². The molecule has 3 aromatic rings. The van der Waals surface area contributed by atoms with Crippen LogP contribution in [0.25, 0.3) is 22.6 Å². The number of fused-ring (bicyclic) bond motifs is 1. The number of rotatable bonds is 4. The van der Waals surface area contributed by atoms with Crippen LogP contribution in [-0.2, 0) is 0 Å². The van der Waals surface area contributed by atoms with Crippen molar-refractivity contribution in [3.8, 4) is 11.4 Å². The standard InChI is InChI=1S/C13H14N6O/c14-11-10-13(17-7-16-11)19-12(18-10)8-1-3-9(4-2-8)15-5-6-20/h1-4,7,15,20H,5-6H2,(H3,14,16,17,18,19). The lowest BCUT2D eigenvalue weighted by molar-refractivity contribution is 0.311. The van der Waals surface area contributed by atoms with Crippen molar-refractivity contribution in [1.29, 1.82) is 0 Å². The second-order valence-corrected chi connectivity index (χ2v) is 4.27. The van der Waals surface area contributed by atoms with Gasteiger partial charge in [0.15, 0.2) is 11.5 Å². The summed E-state index contributed by atoms with van der Waals surface area (Å²) in [4.78, 5) is 15.5. The minimum atomic E-state index is 0.100. The van der Waals surface area contributed by atoms with Gasteiger partial charge in [-0.1, -0.05) is 0 Å². The molecule has 0 aliphatic carbocycles. The molecule has 0 spiro atoms. The Morgan fingerprint density at radius 1 is 1.20 bits per heavy atom. The number of aliphatic hydroxyl groups is 1. The van der Waals surface area contributed by atoms with E-state index in [9.17, 15) is 0 Å². The summed E-state index contributed by atoms with van der Waals surface area (Å²) in [6.07, 6.45) is 1.39. The van der Waals surface area contributed by atoms with E-state index < -0.39 is 0 Å². The maximum absolute atomic E-state index is 8.76. The van der Waals surface area contributed by atoms with Gasteiger partial charge < -0.3 is 21.1 Å². The zero-order valence-electron chi connectivity index (χ0n) is 10.7. The highest BCUT2D eigenvalue weighted by Gasteiger charge is 2.08. The molecule has 0 aliphatic heterocycles. The third kappa shape index (κ3) is 2.26. The number of imidazole rings is 1. The van der Waals surface area contributed by atoms with E-state index in [1.807, 2.05) is 24.3 Å². The molecule has 2 heterocycles. The van der Waals surface area contributed by atoms with Gasteiger partial charge in [-0.2, -0.15) is 0 Å². The van der Waals surface area contributed by atoms with Gasteiger partial charge in [-0.25, -0.2) is 15.0 Å². The maximum Gasteiger partial charge on any atom is 0.183 e. The molecule has 3 rings (SSSR count). The minimum Gasteiger partial charge on any atom is -0.395 e. The Labute approximate surface area is 114 Å². The van der Waals surface area contributed by atoms with Crippen LogP contribution in [0.5, 0.6) is 0 Å². The molecule has 5 N–H and O–H groups in total. The predicted molar refractivity (Wildman–Crippen MR) is 77.1 cm³/mol. The summed E-state index contributed by atoms with van der Waals surface area (Å²) in [5, 5.41) is 11.9. The van der Waals surface area contributed by atoms with E-state index in [0.717, 1.165) is 11.3 Å². The Kier molecular flexibility index (Phi) is 3.18. The zero-order chi connectivity index (χ0) is 13.9. The van der Waals surface area contributed by atoms with E-state index in [-0.39, 0.29) is 6.61 Å².